The normalized spacial score (nSPS) is 22.6. The average Bonchev–Trinajstić information content (AvgIpc) is 1.74. The Hall–Kier alpha value is -9.00. The van der Waals surface area contributed by atoms with Crippen molar-refractivity contribution in [3.05, 3.63) is 119 Å². The van der Waals surface area contributed by atoms with E-state index < -0.39 is 102 Å². The van der Waals surface area contributed by atoms with Crippen LogP contribution in [-0.2, 0) is 96.6 Å². The number of thioether (sulfide) groups is 1. The first-order valence-corrected chi connectivity index (χ1v) is 32.2. The number of aromatic nitrogens is 4. The molecule has 0 saturated carbocycles. The number of hydrogen-bond acceptors (Lipinski definition) is 16. The molecule has 2 bridgehead atoms. The van der Waals surface area contributed by atoms with Crippen LogP contribution in [0.3, 0.4) is 0 Å². The zero-order valence-corrected chi connectivity index (χ0v) is 52.6. The Balaban J connectivity index is 0.924. The number of unbranched alkanes of at least 4 members (excludes halogenated alkanes) is 1. The predicted octanol–water partition coefficient (Wildman–Crippen LogP) is -0.475. The van der Waals surface area contributed by atoms with Gasteiger partial charge in [-0.3, -0.25) is 47.8 Å². The molecule has 0 radical (unpaired) electrons. The van der Waals surface area contributed by atoms with Gasteiger partial charge in [-0.25, -0.2) is 9.18 Å². The molecule has 2 fully saturated rings. The molecule has 3 aromatic carbocycles. The second-order valence-corrected chi connectivity index (χ2v) is 24.4. The topological polar surface area (TPSA) is 394 Å². The van der Waals surface area contributed by atoms with Crippen molar-refractivity contribution in [3.63, 3.8) is 0 Å². The van der Waals surface area contributed by atoms with Crippen molar-refractivity contribution in [3.8, 4) is 0 Å². The number of hydrogen-bond donors (Lipinski definition) is 11. The molecule has 11 amide bonds. The molecule has 5 aromatic rings. The monoisotopic (exact) mass is 1310 g/mol. The summed E-state index contributed by atoms with van der Waals surface area (Å²) in [4.78, 5) is 136. The van der Waals surface area contributed by atoms with Gasteiger partial charge in [0.15, 0.2) is 0 Å². The quantitative estimate of drug-likeness (QED) is 0.0246. The van der Waals surface area contributed by atoms with Gasteiger partial charge in [0, 0.05) is 86.5 Å². The van der Waals surface area contributed by atoms with Crippen LogP contribution in [0.5, 0.6) is 0 Å². The fourth-order valence-corrected chi connectivity index (χ4v) is 12.8. The maximum atomic E-state index is 14.9. The zero-order chi connectivity index (χ0) is 66.2. The Bertz CT molecular complexity index is 3390. The summed E-state index contributed by atoms with van der Waals surface area (Å²) in [6.45, 7) is 0.761. The van der Waals surface area contributed by atoms with Crippen LogP contribution in [0.25, 0.3) is 10.9 Å². The predicted molar refractivity (Wildman–Crippen MR) is 338 cm³/mol. The second kappa shape index (κ2) is 35.2. The SMILES string of the molecule is Cn1cc(C[C@@H]2NC(=O)[C@@H](Cc3ccccc3)NC(=O)[C@@H](CC(N)=O)NC(=O)[C@@H](NC(=O)COCCOCCOCCNC(=O)CCCC[C@H]3SC[C@H]4NC(=O)N[C@H]43)Cc3cn(nn3)CCCC[C@@H](C(N)=O)NC(=O)[C@H](Cc3ccc(F)cc3)NC2=O)c2ccccc21. The highest BCUT2D eigenvalue weighted by atomic mass is 32.2. The number of para-hydroxylation sites is 1. The highest BCUT2D eigenvalue weighted by molar-refractivity contribution is 8.00. The number of aryl methyl sites for hydroxylation is 2. The molecular weight excluding hydrogens is 1230 g/mol. The molecule has 2 saturated heterocycles. The number of rotatable bonds is 26. The fourth-order valence-electron chi connectivity index (χ4n) is 11.2. The van der Waals surface area contributed by atoms with Crippen molar-refractivity contribution in [2.24, 2.45) is 18.5 Å². The Morgan fingerprint density at radius 3 is 2.02 bits per heavy atom. The summed E-state index contributed by atoms with van der Waals surface area (Å²) < 4.78 is 34.2. The second-order valence-electron chi connectivity index (χ2n) is 23.2. The Kier molecular flexibility index (Phi) is 26.4. The van der Waals surface area contributed by atoms with E-state index in [1.54, 1.807) is 36.5 Å². The van der Waals surface area contributed by atoms with Gasteiger partial charge in [0.05, 0.1) is 57.2 Å². The van der Waals surface area contributed by atoms with E-state index in [4.69, 9.17) is 25.7 Å². The summed E-state index contributed by atoms with van der Waals surface area (Å²) in [6.07, 6.45) is 5.44. The summed E-state index contributed by atoms with van der Waals surface area (Å²) in [5.74, 6) is -6.86. The van der Waals surface area contributed by atoms with Crippen LogP contribution in [-0.4, -0.2) is 184 Å². The van der Waals surface area contributed by atoms with Crippen LogP contribution in [0.4, 0.5) is 9.18 Å². The molecule has 0 spiro atoms. The summed E-state index contributed by atoms with van der Waals surface area (Å²) in [6, 6.07) is 12.6. The summed E-state index contributed by atoms with van der Waals surface area (Å²) >= 11 is 1.84. The molecule has 9 atom stereocenters. The van der Waals surface area contributed by atoms with Gasteiger partial charge < -0.3 is 78.1 Å². The van der Waals surface area contributed by atoms with E-state index in [9.17, 15) is 52.3 Å². The first-order chi connectivity index (χ1) is 44.8. The van der Waals surface area contributed by atoms with Crippen molar-refractivity contribution in [2.45, 2.75) is 137 Å². The van der Waals surface area contributed by atoms with E-state index in [0.717, 1.165) is 35.9 Å². The molecule has 8 rings (SSSR count). The molecule has 3 aliphatic rings. The average molecular weight is 1310 g/mol. The van der Waals surface area contributed by atoms with Crippen LogP contribution >= 0.6 is 11.8 Å². The molecule has 2 aromatic heterocycles. The molecule has 0 aliphatic carbocycles. The van der Waals surface area contributed by atoms with Crippen molar-refractivity contribution in [1.82, 2.24) is 67.4 Å². The number of carbonyl (C=O) groups excluding carboxylic acids is 10. The van der Waals surface area contributed by atoms with Gasteiger partial charge >= 0.3 is 6.03 Å². The number of nitrogens with one attached hydrogen (secondary N) is 9. The lowest BCUT2D eigenvalue weighted by atomic mass is 10.00. The van der Waals surface area contributed by atoms with Gasteiger partial charge in [-0.1, -0.05) is 72.3 Å². The van der Waals surface area contributed by atoms with E-state index in [-0.39, 0.29) is 101 Å². The minimum absolute atomic E-state index is 0.0291. The van der Waals surface area contributed by atoms with Crippen molar-refractivity contribution in [1.29, 1.82) is 0 Å². The first kappa shape index (κ1) is 69.9. The van der Waals surface area contributed by atoms with Gasteiger partial charge in [0.2, 0.25) is 53.2 Å². The molecule has 5 heterocycles. The van der Waals surface area contributed by atoms with Gasteiger partial charge in [-0.15, -0.1) is 5.10 Å². The van der Waals surface area contributed by atoms with Gasteiger partial charge in [0.1, 0.15) is 48.7 Å². The van der Waals surface area contributed by atoms with Crippen LogP contribution in [0, 0.1) is 5.82 Å². The van der Waals surface area contributed by atoms with E-state index >= 15 is 0 Å². The summed E-state index contributed by atoms with van der Waals surface area (Å²) in [7, 11) is 1.81. The number of primary amides is 2. The van der Waals surface area contributed by atoms with Crippen LogP contribution < -0.4 is 59.3 Å². The smallest absolute Gasteiger partial charge is 0.315 e. The van der Waals surface area contributed by atoms with Crippen molar-refractivity contribution in [2.75, 3.05) is 51.9 Å². The lowest BCUT2D eigenvalue weighted by molar-refractivity contribution is -0.136. The highest BCUT2D eigenvalue weighted by Crippen LogP contribution is 2.33. The van der Waals surface area contributed by atoms with Crippen molar-refractivity contribution < 1.29 is 66.5 Å². The standard InChI is InChI=1S/C63H82FN15O13S/c1-78-34-40(43-13-5-6-15-51(43)78)31-47-60(86)70-46(30-39-18-20-41(64)21-19-39)58(84)69-44(57(66)83)14-9-10-23-79-35-42(76-77-79)32-48(61(87)73-49(33-53(65)80)62(88)71-45(59(85)72-47)29-38-11-3-2-4-12-38)68-55(82)36-92-28-27-91-26-25-90-24-22-67-54(81)17-8-7-16-52-56-50(37-93-52)74-63(89)75-56/h2-6,11-13,15,18-21,34-35,44-50,52,56H,7-10,14,16-17,22-33,36-37H2,1H3,(H2,65,80)(H2,66,83)(H,67,81)(H,68,82)(H,69,84)(H,70,86)(H,71,88)(H,72,85)(H,73,87)(H2,74,75,89)/t44-,45+,46-,47-,48-,49+,50+,52+,56+/m0/s1. The van der Waals surface area contributed by atoms with Gasteiger partial charge in [-0.2, -0.15) is 11.8 Å². The third-order valence-corrected chi connectivity index (χ3v) is 17.6. The van der Waals surface area contributed by atoms with Crippen molar-refractivity contribution >= 4 is 81.9 Å². The number of benzene rings is 3. The number of nitrogens with zero attached hydrogens (tertiary/aromatic N) is 4. The number of fused-ring (bicyclic) bond motifs is 4. The molecule has 93 heavy (non-hydrogen) atoms. The number of carbonyl (C=O) groups is 10. The van der Waals surface area contributed by atoms with E-state index in [1.165, 1.54) is 35.1 Å². The Labute approximate surface area is 540 Å². The van der Waals surface area contributed by atoms with Crippen LogP contribution in [0.2, 0.25) is 0 Å². The molecule has 500 valence electrons. The van der Waals surface area contributed by atoms with E-state index in [0.29, 0.717) is 47.7 Å². The number of amides is 11. The summed E-state index contributed by atoms with van der Waals surface area (Å²) in [5, 5.41) is 34.3. The molecule has 13 N–H and O–H groups in total. The van der Waals surface area contributed by atoms with E-state index in [2.05, 4.69) is 58.2 Å². The minimum atomic E-state index is -1.73. The fraction of sp³-hybridized carbons (Fsp3) is 0.492. The molecule has 3 aliphatic heterocycles. The lowest BCUT2D eigenvalue weighted by Crippen LogP contribution is -2.61. The largest absolute Gasteiger partial charge is 0.377 e. The Morgan fingerprint density at radius 2 is 1.31 bits per heavy atom. The molecule has 30 heteroatoms. The maximum absolute atomic E-state index is 14.9. The molecule has 28 nitrogen and oxygen atoms in total. The van der Waals surface area contributed by atoms with Crippen LogP contribution in [0.15, 0.2) is 91.3 Å². The van der Waals surface area contributed by atoms with Gasteiger partial charge in [-0.05, 0) is 67.0 Å². The van der Waals surface area contributed by atoms with Crippen LogP contribution in [0.1, 0.15) is 73.8 Å². The molecule has 0 unspecified atom stereocenters. The lowest BCUT2D eigenvalue weighted by Gasteiger charge is -2.27. The minimum Gasteiger partial charge on any atom is -0.377 e. The first-order valence-electron chi connectivity index (χ1n) is 31.1. The van der Waals surface area contributed by atoms with Gasteiger partial charge in [0.25, 0.3) is 0 Å². The number of urea groups is 1. The number of ether oxygens (including phenoxy) is 3. The number of halogens is 1. The molecular formula is C63H82FN15O13S. The van der Waals surface area contributed by atoms with E-state index in [1.807, 2.05) is 47.6 Å². The highest BCUT2D eigenvalue weighted by Gasteiger charge is 2.43. The third-order valence-electron chi connectivity index (χ3n) is 16.0. The zero-order valence-electron chi connectivity index (χ0n) is 51.7. The summed E-state index contributed by atoms with van der Waals surface area (Å²) in [5.41, 5.74) is 14.2. The Morgan fingerprint density at radius 1 is 0.677 bits per heavy atom. The maximum Gasteiger partial charge on any atom is 0.315 e. The number of nitrogens with two attached hydrogens (primary N) is 2. The third kappa shape index (κ3) is 21.8.